The molecule has 1 unspecified atom stereocenters. The summed E-state index contributed by atoms with van der Waals surface area (Å²) in [5, 5.41) is 0.434. The molecule has 1 saturated heterocycles. The summed E-state index contributed by atoms with van der Waals surface area (Å²) in [5.74, 6) is -0.488. The number of aryl methyl sites for hydroxylation is 2. The van der Waals surface area contributed by atoms with Gasteiger partial charge in [0.2, 0.25) is 5.43 Å². The van der Waals surface area contributed by atoms with Gasteiger partial charge in [-0.15, -0.1) is 0 Å². The number of ether oxygens (including phenoxy) is 1. The van der Waals surface area contributed by atoms with Crippen LogP contribution in [0.5, 0.6) is 5.75 Å². The number of carbonyl (C=O) groups excluding carboxylic acids is 2. The van der Waals surface area contributed by atoms with Crippen molar-refractivity contribution < 1.29 is 14.3 Å². The second kappa shape index (κ2) is 8.78. The molecule has 32 heavy (non-hydrogen) atoms. The molecule has 4 heterocycles. The van der Waals surface area contributed by atoms with Crippen molar-refractivity contribution in [3.63, 3.8) is 0 Å². The number of rotatable bonds is 5. The van der Waals surface area contributed by atoms with Crippen LogP contribution in [0.4, 0.5) is 0 Å². The highest BCUT2D eigenvalue weighted by atomic mass is 16.5. The fourth-order valence-corrected chi connectivity index (χ4v) is 3.95. The quantitative estimate of drug-likeness (QED) is 0.654. The highest BCUT2D eigenvalue weighted by Crippen LogP contribution is 2.20. The zero-order chi connectivity index (χ0) is 22.8. The van der Waals surface area contributed by atoms with Crippen LogP contribution in [-0.2, 0) is 6.54 Å². The largest absolute Gasteiger partial charge is 0.488 e. The molecule has 9 nitrogen and oxygen atoms in total. The molecule has 0 saturated carbocycles. The number of hydrogen-bond donors (Lipinski definition) is 1. The Bertz CT molecular complexity index is 1250. The molecular formula is C23H25N5O4. The van der Waals surface area contributed by atoms with Gasteiger partial charge in [0.1, 0.15) is 28.8 Å². The average Bonchev–Trinajstić information content (AvgIpc) is 2.79. The summed E-state index contributed by atoms with van der Waals surface area (Å²) in [4.78, 5) is 47.8. The van der Waals surface area contributed by atoms with Crippen molar-refractivity contribution in [1.29, 1.82) is 0 Å². The van der Waals surface area contributed by atoms with Gasteiger partial charge in [0, 0.05) is 37.2 Å². The lowest BCUT2D eigenvalue weighted by molar-refractivity contribution is 0.0536. The Morgan fingerprint density at radius 3 is 2.84 bits per heavy atom. The molecule has 1 aliphatic heterocycles. The lowest BCUT2D eigenvalue weighted by Gasteiger charge is -2.33. The van der Waals surface area contributed by atoms with E-state index in [0.29, 0.717) is 36.4 Å². The summed E-state index contributed by atoms with van der Waals surface area (Å²) in [7, 11) is 0. The Balaban J connectivity index is 1.58. The van der Waals surface area contributed by atoms with E-state index < -0.39 is 5.91 Å². The molecular weight excluding hydrogens is 410 g/mol. The fraction of sp³-hybridized carbons (Fsp3) is 0.348. The topological polar surface area (TPSA) is 120 Å². The monoisotopic (exact) mass is 435 g/mol. The second-order valence-corrected chi connectivity index (χ2v) is 7.86. The molecule has 1 fully saturated rings. The first-order chi connectivity index (χ1) is 15.4. The number of carbonyl (C=O) groups is 2. The van der Waals surface area contributed by atoms with Gasteiger partial charge in [-0.1, -0.05) is 0 Å². The van der Waals surface area contributed by atoms with Crippen LogP contribution in [0.3, 0.4) is 0 Å². The maximum atomic E-state index is 13.3. The van der Waals surface area contributed by atoms with Crippen LogP contribution in [0.1, 0.15) is 46.3 Å². The number of nitrogens with zero attached hydrogens (tertiary/aromatic N) is 4. The van der Waals surface area contributed by atoms with E-state index in [1.165, 1.54) is 12.3 Å². The second-order valence-electron chi connectivity index (χ2n) is 7.86. The van der Waals surface area contributed by atoms with Crippen LogP contribution in [0.25, 0.3) is 11.0 Å². The fourth-order valence-electron chi connectivity index (χ4n) is 3.95. The number of piperidine rings is 1. The summed E-state index contributed by atoms with van der Waals surface area (Å²) in [5.41, 5.74) is 6.60. The molecule has 0 aromatic carbocycles. The zero-order valence-corrected chi connectivity index (χ0v) is 18.1. The summed E-state index contributed by atoms with van der Waals surface area (Å²) < 4.78 is 7.82. The molecule has 0 radical (unpaired) electrons. The first-order valence-electron chi connectivity index (χ1n) is 10.6. The number of aromatic nitrogens is 3. The zero-order valence-electron chi connectivity index (χ0n) is 18.1. The van der Waals surface area contributed by atoms with Crippen molar-refractivity contribution in [2.45, 2.75) is 39.3 Å². The maximum absolute atomic E-state index is 13.3. The minimum Gasteiger partial charge on any atom is -0.488 e. The van der Waals surface area contributed by atoms with E-state index in [4.69, 9.17) is 10.5 Å². The van der Waals surface area contributed by atoms with Gasteiger partial charge in [-0.2, -0.15) is 0 Å². The molecule has 1 atom stereocenters. The third kappa shape index (κ3) is 4.18. The molecule has 0 spiro atoms. The van der Waals surface area contributed by atoms with Gasteiger partial charge in [0.05, 0.1) is 11.9 Å². The van der Waals surface area contributed by atoms with Crippen LogP contribution >= 0.6 is 0 Å². The van der Waals surface area contributed by atoms with E-state index in [1.807, 2.05) is 18.4 Å². The summed E-state index contributed by atoms with van der Waals surface area (Å²) in [6.45, 7) is 5.28. The van der Waals surface area contributed by atoms with Crippen molar-refractivity contribution >= 4 is 22.8 Å². The number of hydrogen-bond acceptors (Lipinski definition) is 6. The van der Waals surface area contributed by atoms with E-state index in [1.54, 1.807) is 29.3 Å². The molecule has 0 bridgehead atoms. The first kappa shape index (κ1) is 21.5. The number of amides is 2. The Hall–Kier alpha value is -3.75. The first-order valence-corrected chi connectivity index (χ1v) is 10.6. The molecule has 0 aliphatic carbocycles. The number of nitrogens with two attached hydrogens (primary N) is 1. The lowest BCUT2D eigenvalue weighted by atomic mass is 10.1. The minimum atomic E-state index is -0.635. The van der Waals surface area contributed by atoms with Gasteiger partial charge in [-0.05, 0) is 44.9 Å². The molecule has 3 aromatic heterocycles. The molecule has 2 N–H and O–H groups in total. The highest BCUT2D eigenvalue weighted by Gasteiger charge is 2.28. The third-order valence-corrected chi connectivity index (χ3v) is 5.58. The van der Waals surface area contributed by atoms with Crippen LogP contribution in [0.15, 0.2) is 41.5 Å². The number of primary amides is 1. The summed E-state index contributed by atoms with van der Waals surface area (Å²) in [6.07, 6.45) is 4.28. The average molecular weight is 435 g/mol. The van der Waals surface area contributed by atoms with E-state index in [0.717, 1.165) is 18.5 Å². The van der Waals surface area contributed by atoms with Gasteiger partial charge in [0.25, 0.3) is 11.8 Å². The molecule has 9 heteroatoms. The van der Waals surface area contributed by atoms with E-state index >= 15 is 0 Å². The van der Waals surface area contributed by atoms with Gasteiger partial charge >= 0.3 is 0 Å². The van der Waals surface area contributed by atoms with Crippen molar-refractivity contribution in [3.05, 3.63) is 63.8 Å². The Morgan fingerprint density at radius 1 is 1.28 bits per heavy atom. The van der Waals surface area contributed by atoms with Gasteiger partial charge in [-0.3, -0.25) is 19.4 Å². The smallest absolute Gasteiger partial charge is 0.267 e. The van der Waals surface area contributed by atoms with E-state index in [2.05, 4.69) is 9.97 Å². The Kier molecular flexibility index (Phi) is 5.89. The van der Waals surface area contributed by atoms with Gasteiger partial charge in [-0.25, -0.2) is 4.98 Å². The summed E-state index contributed by atoms with van der Waals surface area (Å²) >= 11 is 0. The molecule has 166 valence electrons. The number of pyridine rings is 3. The number of likely N-dealkylation sites (tertiary alicyclic amines) is 1. The molecule has 3 aromatic rings. The molecule has 4 rings (SSSR count). The SMILES string of the molecule is CCn1cc(C(=O)N2CCCC(Oc3ccnc(C(N)=O)c3)C2)c(=O)c2ccc(C)nc21. The van der Waals surface area contributed by atoms with Crippen molar-refractivity contribution in [2.75, 3.05) is 13.1 Å². The van der Waals surface area contributed by atoms with Gasteiger partial charge < -0.3 is 19.9 Å². The van der Waals surface area contributed by atoms with Crippen LogP contribution in [0.2, 0.25) is 0 Å². The predicted octanol–water partition coefficient (Wildman–Crippen LogP) is 1.90. The third-order valence-electron chi connectivity index (χ3n) is 5.58. The highest BCUT2D eigenvalue weighted by molar-refractivity contribution is 5.97. The normalized spacial score (nSPS) is 16.2. The van der Waals surface area contributed by atoms with Gasteiger partial charge in [0.15, 0.2) is 0 Å². The maximum Gasteiger partial charge on any atom is 0.267 e. The Morgan fingerprint density at radius 2 is 2.09 bits per heavy atom. The lowest BCUT2D eigenvalue weighted by Crippen LogP contribution is -2.45. The molecule has 2 amide bonds. The van der Waals surface area contributed by atoms with Crippen LogP contribution in [0, 0.1) is 6.92 Å². The molecule has 1 aliphatic rings. The van der Waals surface area contributed by atoms with E-state index in [9.17, 15) is 14.4 Å². The van der Waals surface area contributed by atoms with Crippen molar-refractivity contribution in [2.24, 2.45) is 5.73 Å². The van der Waals surface area contributed by atoms with Crippen LogP contribution < -0.4 is 15.9 Å². The van der Waals surface area contributed by atoms with E-state index in [-0.39, 0.29) is 28.7 Å². The Labute approximate surface area is 184 Å². The summed E-state index contributed by atoms with van der Waals surface area (Å²) in [6, 6.07) is 6.63. The number of fused-ring (bicyclic) bond motifs is 1. The van der Waals surface area contributed by atoms with Crippen molar-refractivity contribution in [3.8, 4) is 5.75 Å². The van der Waals surface area contributed by atoms with Crippen molar-refractivity contribution in [1.82, 2.24) is 19.4 Å². The standard InChI is InChI=1S/C23H25N5O4/c1-3-27-13-18(20(29)17-7-6-14(2)26-22(17)27)23(31)28-10-4-5-16(12-28)32-15-8-9-25-19(11-15)21(24)30/h6-9,11,13,16H,3-5,10,12H2,1-2H3,(H2,24,30). The minimum absolute atomic E-state index is 0.117. The predicted molar refractivity (Wildman–Crippen MR) is 119 cm³/mol. The van der Waals surface area contributed by atoms with Crippen LogP contribution in [-0.4, -0.2) is 50.4 Å².